The summed E-state index contributed by atoms with van der Waals surface area (Å²) < 4.78 is 1.12. The molecule has 1 N–H and O–H groups in total. The van der Waals surface area contributed by atoms with Crippen LogP contribution in [0.5, 0.6) is 0 Å². The van der Waals surface area contributed by atoms with Crippen LogP contribution >= 0.6 is 33.9 Å². The number of halogens is 1. The number of piperidine rings is 1. The second kappa shape index (κ2) is 6.01. The SMILES string of the molecule is O=C(NC1CCN(C(=O)C2CC2)CC1)c1csc(I)c1. The number of rotatable bonds is 3. The number of likely N-dealkylation sites (tertiary alicyclic amines) is 1. The van der Waals surface area contributed by atoms with Crippen LogP contribution in [-0.4, -0.2) is 35.8 Å². The zero-order valence-electron chi connectivity index (χ0n) is 11.1. The van der Waals surface area contributed by atoms with E-state index in [1.54, 1.807) is 11.3 Å². The van der Waals surface area contributed by atoms with Gasteiger partial charge in [0.1, 0.15) is 0 Å². The minimum Gasteiger partial charge on any atom is -0.349 e. The standard InChI is InChI=1S/C14H17IN2O2S/c15-12-7-10(8-20-12)13(18)16-11-3-5-17(6-4-11)14(19)9-1-2-9/h7-9,11H,1-6H2,(H,16,18). The summed E-state index contributed by atoms with van der Waals surface area (Å²) in [6, 6.07) is 2.11. The van der Waals surface area contributed by atoms with Crippen LogP contribution in [0.1, 0.15) is 36.0 Å². The summed E-state index contributed by atoms with van der Waals surface area (Å²) in [6.45, 7) is 1.56. The number of nitrogens with one attached hydrogen (secondary N) is 1. The summed E-state index contributed by atoms with van der Waals surface area (Å²) in [7, 11) is 0. The lowest BCUT2D eigenvalue weighted by atomic mass is 10.0. The van der Waals surface area contributed by atoms with E-state index in [-0.39, 0.29) is 11.9 Å². The Morgan fingerprint density at radius 2 is 1.95 bits per heavy atom. The molecule has 1 aromatic heterocycles. The first-order valence-electron chi connectivity index (χ1n) is 6.97. The van der Waals surface area contributed by atoms with E-state index in [1.165, 1.54) is 0 Å². The number of thiophene rings is 1. The average Bonchev–Trinajstić information content (AvgIpc) is 3.20. The van der Waals surface area contributed by atoms with Gasteiger partial charge >= 0.3 is 0 Å². The topological polar surface area (TPSA) is 49.4 Å². The van der Waals surface area contributed by atoms with E-state index in [9.17, 15) is 9.59 Å². The van der Waals surface area contributed by atoms with Gasteiger partial charge in [0, 0.05) is 30.4 Å². The first kappa shape index (κ1) is 14.3. The lowest BCUT2D eigenvalue weighted by Gasteiger charge is -2.32. The highest BCUT2D eigenvalue weighted by molar-refractivity contribution is 14.1. The first-order chi connectivity index (χ1) is 9.63. The summed E-state index contributed by atoms with van der Waals surface area (Å²) >= 11 is 3.80. The maximum atomic E-state index is 12.1. The largest absolute Gasteiger partial charge is 0.349 e. The van der Waals surface area contributed by atoms with Gasteiger partial charge in [-0.05, 0) is 54.3 Å². The Bertz CT molecular complexity index is 519. The Kier molecular flexibility index (Phi) is 4.30. The fourth-order valence-corrected chi connectivity index (χ4v) is 3.86. The van der Waals surface area contributed by atoms with E-state index in [0.717, 1.165) is 47.2 Å². The number of nitrogens with zero attached hydrogens (tertiary/aromatic N) is 1. The minimum atomic E-state index is 0.0103. The molecule has 108 valence electrons. The molecule has 0 spiro atoms. The lowest BCUT2D eigenvalue weighted by Crippen LogP contribution is -2.46. The zero-order chi connectivity index (χ0) is 14.1. The van der Waals surface area contributed by atoms with Crippen molar-refractivity contribution in [2.24, 2.45) is 5.92 Å². The van der Waals surface area contributed by atoms with E-state index in [0.29, 0.717) is 11.8 Å². The van der Waals surface area contributed by atoms with Crippen LogP contribution < -0.4 is 5.32 Å². The van der Waals surface area contributed by atoms with E-state index in [2.05, 4.69) is 27.9 Å². The van der Waals surface area contributed by atoms with Gasteiger partial charge in [-0.3, -0.25) is 9.59 Å². The molecule has 1 aliphatic carbocycles. The molecule has 0 atom stereocenters. The molecule has 1 aliphatic heterocycles. The fraction of sp³-hybridized carbons (Fsp3) is 0.571. The van der Waals surface area contributed by atoms with Crippen molar-refractivity contribution in [3.63, 3.8) is 0 Å². The van der Waals surface area contributed by atoms with Gasteiger partial charge in [0.2, 0.25) is 5.91 Å². The molecule has 0 radical (unpaired) electrons. The molecule has 2 fully saturated rings. The van der Waals surface area contributed by atoms with Gasteiger partial charge in [-0.1, -0.05) is 0 Å². The van der Waals surface area contributed by atoms with Gasteiger partial charge < -0.3 is 10.2 Å². The van der Waals surface area contributed by atoms with E-state index >= 15 is 0 Å². The molecule has 1 aromatic rings. The molecular formula is C14H17IN2O2S. The molecule has 3 rings (SSSR count). The molecule has 2 amide bonds. The Labute approximate surface area is 136 Å². The third-order valence-corrected chi connectivity index (χ3v) is 5.69. The Hall–Kier alpha value is -0.630. The third-order valence-electron chi connectivity index (χ3n) is 3.90. The maximum Gasteiger partial charge on any atom is 0.252 e. The minimum absolute atomic E-state index is 0.0103. The summed E-state index contributed by atoms with van der Waals surface area (Å²) in [5.74, 6) is 0.632. The quantitative estimate of drug-likeness (QED) is 0.788. The lowest BCUT2D eigenvalue weighted by molar-refractivity contribution is -0.133. The molecule has 6 heteroatoms. The summed E-state index contributed by atoms with van der Waals surface area (Å²) in [6.07, 6.45) is 3.86. The van der Waals surface area contributed by atoms with E-state index < -0.39 is 0 Å². The van der Waals surface area contributed by atoms with Crippen LogP contribution in [0.4, 0.5) is 0 Å². The monoisotopic (exact) mass is 404 g/mol. The van der Waals surface area contributed by atoms with Gasteiger partial charge in [-0.2, -0.15) is 0 Å². The molecule has 0 unspecified atom stereocenters. The van der Waals surface area contributed by atoms with Crippen molar-refractivity contribution in [3.05, 3.63) is 19.9 Å². The van der Waals surface area contributed by atoms with Gasteiger partial charge in [0.25, 0.3) is 5.91 Å². The van der Waals surface area contributed by atoms with Crippen molar-refractivity contribution in [2.45, 2.75) is 31.7 Å². The fourth-order valence-electron chi connectivity index (χ4n) is 2.53. The number of hydrogen-bond acceptors (Lipinski definition) is 3. The molecular weight excluding hydrogens is 387 g/mol. The molecule has 1 saturated heterocycles. The van der Waals surface area contributed by atoms with Gasteiger partial charge in [-0.25, -0.2) is 0 Å². The van der Waals surface area contributed by atoms with Crippen molar-refractivity contribution in [1.29, 1.82) is 0 Å². The van der Waals surface area contributed by atoms with Crippen LogP contribution in [-0.2, 0) is 4.79 Å². The number of carbonyl (C=O) groups excluding carboxylic acids is 2. The predicted octanol–water partition coefficient (Wildman–Crippen LogP) is 2.48. The van der Waals surface area contributed by atoms with Crippen molar-refractivity contribution in [2.75, 3.05) is 13.1 Å². The van der Waals surface area contributed by atoms with Crippen LogP contribution in [0, 0.1) is 8.80 Å². The van der Waals surface area contributed by atoms with Crippen molar-refractivity contribution in [1.82, 2.24) is 10.2 Å². The molecule has 2 heterocycles. The maximum absolute atomic E-state index is 12.1. The second-order valence-corrected chi connectivity index (χ2v) is 8.29. The van der Waals surface area contributed by atoms with Crippen LogP contribution in [0.15, 0.2) is 11.4 Å². The molecule has 2 aliphatic rings. The van der Waals surface area contributed by atoms with E-state index in [1.807, 2.05) is 16.3 Å². The molecule has 0 aromatic carbocycles. The normalized spacial score (nSPS) is 19.9. The highest BCUT2D eigenvalue weighted by Gasteiger charge is 2.35. The van der Waals surface area contributed by atoms with E-state index in [4.69, 9.17) is 0 Å². The molecule has 20 heavy (non-hydrogen) atoms. The average molecular weight is 404 g/mol. The smallest absolute Gasteiger partial charge is 0.252 e. The summed E-state index contributed by atoms with van der Waals surface area (Å²) in [5.41, 5.74) is 0.746. The van der Waals surface area contributed by atoms with Crippen molar-refractivity contribution < 1.29 is 9.59 Å². The number of amides is 2. The Morgan fingerprint density at radius 1 is 1.25 bits per heavy atom. The Morgan fingerprint density at radius 3 is 2.50 bits per heavy atom. The van der Waals surface area contributed by atoms with Gasteiger partial charge in [0.05, 0.1) is 8.45 Å². The van der Waals surface area contributed by atoms with Gasteiger partial charge in [-0.15, -0.1) is 11.3 Å². The molecule has 4 nitrogen and oxygen atoms in total. The second-order valence-electron chi connectivity index (χ2n) is 5.49. The zero-order valence-corrected chi connectivity index (χ0v) is 14.1. The number of hydrogen-bond donors (Lipinski definition) is 1. The highest BCUT2D eigenvalue weighted by Crippen LogP contribution is 2.31. The third kappa shape index (κ3) is 3.33. The first-order valence-corrected chi connectivity index (χ1v) is 8.93. The van der Waals surface area contributed by atoms with Crippen molar-refractivity contribution in [3.8, 4) is 0 Å². The predicted molar refractivity (Wildman–Crippen MR) is 86.8 cm³/mol. The van der Waals surface area contributed by atoms with Crippen LogP contribution in [0.3, 0.4) is 0 Å². The molecule has 0 bridgehead atoms. The summed E-state index contributed by atoms with van der Waals surface area (Å²) in [4.78, 5) is 26.0. The van der Waals surface area contributed by atoms with Crippen molar-refractivity contribution >= 4 is 45.7 Å². The van der Waals surface area contributed by atoms with Gasteiger partial charge in [0.15, 0.2) is 0 Å². The summed E-state index contributed by atoms with van der Waals surface area (Å²) in [5, 5.41) is 4.97. The number of carbonyl (C=O) groups is 2. The van der Waals surface area contributed by atoms with Crippen LogP contribution in [0.2, 0.25) is 0 Å². The van der Waals surface area contributed by atoms with Crippen LogP contribution in [0.25, 0.3) is 0 Å². The highest BCUT2D eigenvalue weighted by atomic mass is 127. The Balaban J connectivity index is 1.48. The molecule has 1 saturated carbocycles.